The van der Waals surface area contributed by atoms with Crippen molar-refractivity contribution >= 4 is 0 Å². The normalized spacial score (nSPS) is 25.1. The number of hydrogen-bond donors (Lipinski definition) is 0. The molecule has 0 spiro atoms. The van der Waals surface area contributed by atoms with E-state index < -0.39 is 0 Å². The molecule has 2 aliphatic heterocycles. The molecule has 98 valence electrons. The van der Waals surface area contributed by atoms with Crippen molar-refractivity contribution in [1.29, 1.82) is 0 Å². The van der Waals surface area contributed by atoms with E-state index in [1.54, 1.807) is 0 Å². The summed E-state index contributed by atoms with van der Waals surface area (Å²) in [7, 11) is 2.11. The molecule has 4 heteroatoms. The van der Waals surface area contributed by atoms with Gasteiger partial charge < -0.3 is 9.47 Å². The molecule has 3 heterocycles. The van der Waals surface area contributed by atoms with Crippen LogP contribution in [0.3, 0.4) is 0 Å². The first-order valence-electron chi connectivity index (χ1n) is 6.63. The van der Waals surface area contributed by atoms with Crippen LogP contribution in [0.25, 0.3) is 0 Å². The van der Waals surface area contributed by atoms with Crippen LogP contribution in [0.4, 0.5) is 0 Å². The number of hydrogen-bond acceptors (Lipinski definition) is 4. The maximum Gasteiger partial charge on any atom is 0.217 e. The van der Waals surface area contributed by atoms with Crippen molar-refractivity contribution in [1.82, 2.24) is 9.88 Å². The molecule has 0 radical (unpaired) electrons. The lowest BCUT2D eigenvalue weighted by Gasteiger charge is -2.36. The molecule has 1 aromatic rings. The second kappa shape index (κ2) is 4.86. The summed E-state index contributed by atoms with van der Waals surface area (Å²) in [4.78, 5) is 6.82. The van der Waals surface area contributed by atoms with Gasteiger partial charge in [-0.2, -0.15) is 0 Å². The van der Waals surface area contributed by atoms with Crippen LogP contribution in [0.1, 0.15) is 23.6 Å². The van der Waals surface area contributed by atoms with Crippen molar-refractivity contribution in [3.8, 4) is 5.88 Å². The minimum atomic E-state index is 0.297. The summed E-state index contributed by atoms with van der Waals surface area (Å²) in [6, 6.07) is 4.22. The quantitative estimate of drug-likeness (QED) is 0.813. The molecule has 1 atom stereocenters. The molecule has 4 nitrogen and oxygen atoms in total. The lowest BCUT2D eigenvalue weighted by molar-refractivity contribution is 0.0344. The van der Waals surface area contributed by atoms with Gasteiger partial charge in [0.05, 0.1) is 6.61 Å². The monoisotopic (exact) mass is 248 g/mol. The van der Waals surface area contributed by atoms with Gasteiger partial charge in [0.1, 0.15) is 6.10 Å². The predicted molar refractivity (Wildman–Crippen MR) is 69.1 cm³/mol. The highest BCUT2D eigenvalue weighted by Gasteiger charge is 2.28. The van der Waals surface area contributed by atoms with Crippen LogP contribution in [0.15, 0.2) is 12.1 Å². The van der Waals surface area contributed by atoms with Gasteiger partial charge >= 0.3 is 0 Å². The van der Waals surface area contributed by atoms with E-state index in [9.17, 15) is 0 Å². The first-order chi connectivity index (χ1) is 8.72. The van der Waals surface area contributed by atoms with Crippen molar-refractivity contribution < 1.29 is 9.47 Å². The lowest BCUT2D eigenvalue weighted by atomic mass is 9.99. The van der Waals surface area contributed by atoms with Crippen molar-refractivity contribution in [3.05, 3.63) is 23.4 Å². The Balaban J connectivity index is 1.79. The second-order valence-corrected chi connectivity index (χ2v) is 5.37. The smallest absolute Gasteiger partial charge is 0.217 e. The molecule has 0 aromatic carbocycles. The van der Waals surface area contributed by atoms with Crippen molar-refractivity contribution in [3.63, 3.8) is 0 Å². The number of aryl methyl sites for hydroxylation is 1. The molecule has 0 aliphatic carbocycles. The molecule has 0 saturated carbocycles. The Hall–Kier alpha value is -1.13. The van der Waals surface area contributed by atoms with E-state index in [1.807, 2.05) is 6.92 Å². The Morgan fingerprint density at radius 3 is 2.89 bits per heavy atom. The van der Waals surface area contributed by atoms with Crippen LogP contribution < -0.4 is 4.74 Å². The van der Waals surface area contributed by atoms with Gasteiger partial charge in [0.25, 0.3) is 0 Å². The summed E-state index contributed by atoms with van der Waals surface area (Å²) in [5.41, 5.74) is 2.23. The number of ether oxygens (including phenoxy) is 2. The summed E-state index contributed by atoms with van der Waals surface area (Å²) in [6.45, 7) is 5.65. The SMILES string of the molecule is Cc1ccc(C2CCOC2)c(OC2CN(C)C2)n1. The molecule has 0 amide bonds. The van der Waals surface area contributed by atoms with Crippen LogP contribution in [-0.2, 0) is 4.74 Å². The summed E-state index contributed by atoms with van der Waals surface area (Å²) >= 11 is 0. The Bertz CT molecular complexity index is 424. The van der Waals surface area contributed by atoms with E-state index in [0.29, 0.717) is 12.0 Å². The van der Waals surface area contributed by atoms with E-state index in [2.05, 4.69) is 29.1 Å². The second-order valence-electron chi connectivity index (χ2n) is 5.37. The molecule has 2 fully saturated rings. The number of likely N-dealkylation sites (N-methyl/N-ethyl adjacent to an activating group) is 1. The Kier molecular flexibility index (Phi) is 3.22. The Morgan fingerprint density at radius 2 is 2.22 bits per heavy atom. The highest BCUT2D eigenvalue weighted by atomic mass is 16.5. The third-order valence-corrected chi connectivity index (χ3v) is 3.71. The van der Waals surface area contributed by atoms with E-state index >= 15 is 0 Å². The zero-order valence-electron chi connectivity index (χ0n) is 11.1. The fraction of sp³-hybridized carbons (Fsp3) is 0.643. The number of likely N-dealkylation sites (tertiary alicyclic amines) is 1. The van der Waals surface area contributed by atoms with E-state index in [4.69, 9.17) is 9.47 Å². The molecular weight excluding hydrogens is 228 g/mol. The average Bonchev–Trinajstić information content (AvgIpc) is 2.80. The lowest BCUT2D eigenvalue weighted by Crippen LogP contribution is -2.51. The number of pyridine rings is 1. The van der Waals surface area contributed by atoms with Crippen molar-refractivity contribution in [2.24, 2.45) is 0 Å². The fourth-order valence-electron chi connectivity index (χ4n) is 2.60. The summed E-state index contributed by atoms with van der Waals surface area (Å²) in [6.07, 6.45) is 1.37. The highest BCUT2D eigenvalue weighted by Crippen LogP contribution is 2.32. The summed E-state index contributed by atoms with van der Waals surface area (Å²) in [5, 5.41) is 0. The molecule has 1 unspecified atom stereocenters. The van der Waals surface area contributed by atoms with Crippen LogP contribution in [0.2, 0.25) is 0 Å². The first kappa shape index (κ1) is 11.9. The van der Waals surface area contributed by atoms with Gasteiger partial charge in [-0.15, -0.1) is 0 Å². The number of nitrogens with zero attached hydrogens (tertiary/aromatic N) is 2. The van der Waals surface area contributed by atoms with Gasteiger partial charge in [-0.3, -0.25) is 4.90 Å². The number of rotatable bonds is 3. The maximum absolute atomic E-state index is 6.04. The predicted octanol–water partition coefficient (Wildman–Crippen LogP) is 1.59. The van der Waals surface area contributed by atoms with Gasteiger partial charge in [0.2, 0.25) is 5.88 Å². The minimum absolute atomic E-state index is 0.297. The van der Waals surface area contributed by atoms with Crippen molar-refractivity contribution in [2.75, 3.05) is 33.4 Å². The molecule has 0 N–H and O–H groups in total. The Morgan fingerprint density at radius 1 is 1.39 bits per heavy atom. The van der Waals surface area contributed by atoms with E-state index in [0.717, 1.165) is 44.3 Å². The molecule has 2 saturated heterocycles. The average molecular weight is 248 g/mol. The van der Waals surface area contributed by atoms with Gasteiger partial charge in [-0.05, 0) is 26.5 Å². The zero-order chi connectivity index (χ0) is 12.5. The molecule has 1 aromatic heterocycles. The highest BCUT2D eigenvalue weighted by molar-refractivity contribution is 5.32. The first-order valence-corrected chi connectivity index (χ1v) is 6.63. The summed E-state index contributed by atoms with van der Waals surface area (Å²) in [5.74, 6) is 1.27. The molecule has 0 bridgehead atoms. The minimum Gasteiger partial charge on any atom is -0.471 e. The largest absolute Gasteiger partial charge is 0.471 e. The third kappa shape index (κ3) is 2.35. The maximum atomic E-state index is 6.04. The topological polar surface area (TPSA) is 34.6 Å². The van der Waals surface area contributed by atoms with Crippen LogP contribution >= 0.6 is 0 Å². The van der Waals surface area contributed by atoms with Gasteiger partial charge in [0.15, 0.2) is 0 Å². The number of aromatic nitrogens is 1. The molecule has 18 heavy (non-hydrogen) atoms. The molecule has 2 aliphatic rings. The Labute approximate surface area is 108 Å². The van der Waals surface area contributed by atoms with Crippen LogP contribution in [0.5, 0.6) is 5.88 Å². The van der Waals surface area contributed by atoms with E-state index in [1.165, 1.54) is 5.56 Å². The molecule has 3 rings (SSSR count). The van der Waals surface area contributed by atoms with Crippen LogP contribution in [-0.4, -0.2) is 49.3 Å². The van der Waals surface area contributed by atoms with Crippen molar-refractivity contribution in [2.45, 2.75) is 25.4 Å². The molecular formula is C14H20N2O2. The zero-order valence-corrected chi connectivity index (χ0v) is 11.1. The summed E-state index contributed by atoms with van der Waals surface area (Å²) < 4.78 is 11.5. The fourth-order valence-corrected chi connectivity index (χ4v) is 2.60. The van der Waals surface area contributed by atoms with Gasteiger partial charge in [0, 0.05) is 36.9 Å². The van der Waals surface area contributed by atoms with Gasteiger partial charge in [-0.1, -0.05) is 6.07 Å². The standard InChI is InChI=1S/C14H20N2O2/c1-10-3-4-13(11-5-6-17-9-11)14(15-10)18-12-7-16(2)8-12/h3-4,11-12H,5-9H2,1-2H3. The third-order valence-electron chi connectivity index (χ3n) is 3.71. The van der Waals surface area contributed by atoms with Crippen LogP contribution in [0, 0.1) is 6.92 Å². The van der Waals surface area contributed by atoms with E-state index in [-0.39, 0.29) is 0 Å². The van der Waals surface area contributed by atoms with Gasteiger partial charge in [-0.25, -0.2) is 4.98 Å².